The molecule has 1 heterocycles. The van der Waals surface area contributed by atoms with E-state index < -0.39 is 5.97 Å². The molecule has 0 aliphatic carbocycles. The summed E-state index contributed by atoms with van der Waals surface area (Å²) in [6.07, 6.45) is 0. The Bertz CT molecular complexity index is 328. The van der Waals surface area contributed by atoms with Crippen LogP contribution in [-0.2, 0) is 6.54 Å². The molecule has 1 aromatic rings. The van der Waals surface area contributed by atoms with Crippen LogP contribution in [0.1, 0.15) is 36.3 Å². The van der Waals surface area contributed by atoms with Gasteiger partial charge in [-0.05, 0) is 20.8 Å². The van der Waals surface area contributed by atoms with Crippen molar-refractivity contribution in [2.75, 3.05) is 0 Å². The lowest BCUT2D eigenvalue weighted by molar-refractivity contribution is 0.0691. The zero-order valence-corrected chi connectivity index (χ0v) is 9.31. The van der Waals surface area contributed by atoms with E-state index in [2.05, 4.69) is 31.1 Å². The molecule has 0 fully saturated rings. The number of hydrogen-bond donors (Lipinski definition) is 2. The van der Waals surface area contributed by atoms with Crippen molar-refractivity contribution in [1.82, 2.24) is 10.3 Å². The summed E-state index contributed by atoms with van der Waals surface area (Å²) >= 11 is 1.36. The molecule has 0 spiro atoms. The standard InChI is InChI=1S/C9H14N2O2S/c1-9(2,3)10-4-7-11-6(5-14-7)8(12)13/h5,10H,4H2,1-3H3,(H,12,13). The van der Waals surface area contributed by atoms with Gasteiger partial charge in [-0.1, -0.05) is 0 Å². The molecule has 0 atom stereocenters. The fourth-order valence-corrected chi connectivity index (χ4v) is 1.54. The first-order chi connectivity index (χ1) is 6.38. The predicted molar refractivity (Wildman–Crippen MR) is 55.7 cm³/mol. The van der Waals surface area contributed by atoms with E-state index in [1.54, 1.807) is 5.38 Å². The molecule has 1 rings (SSSR count). The highest BCUT2D eigenvalue weighted by atomic mass is 32.1. The summed E-state index contributed by atoms with van der Waals surface area (Å²) in [5, 5.41) is 14.3. The van der Waals surface area contributed by atoms with E-state index in [0.29, 0.717) is 6.54 Å². The molecule has 1 aromatic heterocycles. The van der Waals surface area contributed by atoms with Crippen LogP contribution < -0.4 is 5.32 Å². The molecule has 2 N–H and O–H groups in total. The van der Waals surface area contributed by atoms with E-state index in [-0.39, 0.29) is 11.2 Å². The van der Waals surface area contributed by atoms with E-state index >= 15 is 0 Å². The number of carboxylic acids is 1. The number of aromatic carboxylic acids is 1. The second kappa shape index (κ2) is 4.06. The zero-order valence-electron chi connectivity index (χ0n) is 8.50. The van der Waals surface area contributed by atoms with Crippen molar-refractivity contribution in [2.45, 2.75) is 32.9 Å². The highest BCUT2D eigenvalue weighted by Crippen LogP contribution is 2.11. The molecular formula is C9H14N2O2S. The Morgan fingerprint density at radius 3 is 2.71 bits per heavy atom. The van der Waals surface area contributed by atoms with Crippen molar-refractivity contribution >= 4 is 17.3 Å². The maximum atomic E-state index is 10.5. The van der Waals surface area contributed by atoms with Crippen LogP contribution in [0.25, 0.3) is 0 Å². The molecule has 4 nitrogen and oxygen atoms in total. The fraction of sp³-hybridized carbons (Fsp3) is 0.556. The minimum absolute atomic E-state index is 0.0229. The summed E-state index contributed by atoms with van der Waals surface area (Å²) in [5.41, 5.74) is 0.149. The molecule has 0 aliphatic rings. The summed E-state index contributed by atoms with van der Waals surface area (Å²) < 4.78 is 0. The van der Waals surface area contributed by atoms with Crippen molar-refractivity contribution in [2.24, 2.45) is 0 Å². The Morgan fingerprint density at radius 2 is 2.29 bits per heavy atom. The van der Waals surface area contributed by atoms with Crippen LogP contribution in [0.2, 0.25) is 0 Å². The number of carboxylic acid groups (broad SMARTS) is 1. The smallest absolute Gasteiger partial charge is 0.355 e. The first-order valence-corrected chi connectivity index (χ1v) is 5.19. The Balaban J connectivity index is 2.56. The van der Waals surface area contributed by atoms with Gasteiger partial charge in [0, 0.05) is 17.5 Å². The minimum atomic E-state index is -0.969. The second-order valence-electron chi connectivity index (χ2n) is 4.04. The van der Waals surface area contributed by atoms with Crippen molar-refractivity contribution in [3.8, 4) is 0 Å². The third kappa shape index (κ3) is 3.43. The molecule has 0 aliphatic heterocycles. The Labute approximate surface area is 87.0 Å². The van der Waals surface area contributed by atoms with Gasteiger partial charge in [0.15, 0.2) is 5.69 Å². The Morgan fingerprint density at radius 1 is 1.64 bits per heavy atom. The molecule has 0 saturated heterocycles. The largest absolute Gasteiger partial charge is 0.476 e. The van der Waals surface area contributed by atoms with Crippen molar-refractivity contribution in [3.63, 3.8) is 0 Å². The highest BCUT2D eigenvalue weighted by Gasteiger charge is 2.12. The van der Waals surface area contributed by atoms with Crippen LogP contribution in [0.5, 0.6) is 0 Å². The topological polar surface area (TPSA) is 62.2 Å². The lowest BCUT2D eigenvalue weighted by Gasteiger charge is -2.19. The fourth-order valence-electron chi connectivity index (χ4n) is 0.831. The SMILES string of the molecule is CC(C)(C)NCc1nc(C(=O)O)cs1. The van der Waals surface area contributed by atoms with Gasteiger partial charge < -0.3 is 10.4 Å². The molecule has 0 bridgehead atoms. The highest BCUT2D eigenvalue weighted by molar-refractivity contribution is 7.09. The molecule has 0 aromatic carbocycles. The van der Waals surface area contributed by atoms with Gasteiger partial charge in [-0.3, -0.25) is 0 Å². The van der Waals surface area contributed by atoms with Crippen LogP contribution in [0.15, 0.2) is 5.38 Å². The van der Waals surface area contributed by atoms with Crippen molar-refractivity contribution < 1.29 is 9.90 Å². The van der Waals surface area contributed by atoms with Gasteiger partial charge in [-0.2, -0.15) is 0 Å². The van der Waals surface area contributed by atoms with Crippen LogP contribution in [0.4, 0.5) is 0 Å². The van der Waals surface area contributed by atoms with E-state index in [1.807, 2.05) is 0 Å². The lowest BCUT2D eigenvalue weighted by Crippen LogP contribution is -2.35. The molecule has 0 amide bonds. The van der Waals surface area contributed by atoms with Gasteiger partial charge in [0.2, 0.25) is 0 Å². The Kier molecular flexibility index (Phi) is 3.23. The average molecular weight is 214 g/mol. The van der Waals surface area contributed by atoms with E-state index in [0.717, 1.165) is 5.01 Å². The number of rotatable bonds is 3. The van der Waals surface area contributed by atoms with Gasteiger partial charge >= 0.3 is 5.97 Å². The number of thiazole rings is 1. The first kappa shape index (κ1) is 11.1. The van der Waals surface area contributed by atoms with Crippen LogP contribution >= 0.6 is 11.3 Å². The third-order valence-corrected chi connectivity index (χ3v) is 2.39. The normalized spacial score (nSPS) is 11.6. The maximum Gasteiger partial charge on any atom is 0.355 e. The van der Waals surface area contributed by atoms with Gasteiger partial charge in [-0.15, -0.1) is 11.3 Å². The molecule has 5 heteroatoms. The molecule has 0 unspecified atom stereocenters. The molecule has 78 valence electrons. The van der Waals surface area contributed by atoms with Gasteiger partial charge in [-0.25, -0.2) is 9.78 Å². The maximum absolute atomic E-state index is 10.5. The minimum Gasteiger partial charge on any atom is -0.476 e. The summed E-state index contributed by atoms with van der Waals surface area (Å²) in [4.78, 5) is 14.5. The van der Waals surface area contributed by atoms with Crippen molar-refractivity contribution in [3.05, 3.63) is 16.1 Å². The van der Waals surface area contributed by atoms with E-state index in [4.69, 9.17) is 5.11 Å². The number of nitrogens with zero attached hydrogens (tertiary/aromatic N) is 1. The number of aromatic nitrogens is 1. The van der Waals surface area contributed by atoms with E-state index in [1.165, 1.54) is 11.3 Å². The monoisotopic (exact) mass is 214 g/mol. The van der Waals surface area contributed by atoms with Gasteiger partial charge in [0.05, 0.1) is 0 Å². The predicted octanol–water partition coefficient (Wildman–Crippen LogP) is 1.73. The third-order valence-electron chi connectivity index (χ3n) is 1.54. The second-order valence-corrected chi connectivity index (χ2v) is 4.98. The van der Waals surface area contributed by atoms with E-state index in [9.17, 15) is 4.79 Å². The number of hydrogen-bond acceptors (Lipinski definition) is 4. The molecular weight excluding hydrogens is 200 g/mol. The molecule has 14 heavy (non-hydrogen) atoms. The molecule has 0 radical (unpaired) electrons. The van der Waals surface area contributed by atoms with Crippen LogP contribution in [0, 0.1) is 0 Å². The lowest BCUT2D eigenvalue weighted by atomic mass is 10.1. The summed E-state index contributed by atoms with van der Waals surface area (Å²) in [7, 11) is 0. The zero-order chi connectivity index (χ0) is 10.8. The van der Waals surface area contributed by atoms with Gasteiger partial charge in [0.25, 0.3) is 0 Å². The summed E-state index contributed by atoms with van der Waals surface area (Å²) in [6, 6.07) is 0. The summed E-state index contributed by atoms with van der Waals surface area (Å²) in [6.45, 7) is 6.78. The molecule has 0 saturated carbocycles. The van der Waals surface area contributed by atoms with Crippen LogP contribution in [-0.4, -0.2) is 21.6 Å². The number of nitrogens with one attached hydrogen (secondary N) is 1. The van der Waals surface area contributed by atoms with Gasteiger partial charge in [0.1, 0.15) is 5.01 Å². The van der Waals surface area contributed by atoms with Crippen molar-refractivity contribution in [1.29, 1.82) is 0 Å². The quantitative estimate of drug-likeness (QED) is 0.804. The average Bonchev–Trinajstić information content (AvgIpc) is 2.47. The number of carbonyl (C=O) groups is 1. The van der Waals surface area contributed by atoms with Crippen LogP contribution in [0.3, 0.4) is 0 Å². The summed E-state index contributed by atoms with van der Waals surface area (Å²) in [5.74, 6) is -0.969. The Hall–Kier alpha value is -0.940. The first-order valence-electron chi connectivity index (χ1n) is 4.31.